The molecule has 0 unspecified atom stereocenters. The molecule has 0 saturated heterocycles. The largest absolute Gasteiger partial charge is 0.310 e. The number of hydrogen-bond donors (Lipinski definition) is 1. The Labute approximate surface area is 104 Å². The van der Waals surface area contributed by atoms with Gasteiger partial charge in [-0.3, -0.25) is 4.79 Å². The Morgan fingerprint density at radius 1 is 1.47 bits per heavy atom. The lowest BCUT2D eigenvalue weighted by Gasteiger charge is -2.05. The molecule has 5 heteroatoms. The zero-order chi connectivity index (χ0) is 12.3. The van der Waals surface area contributed by atoms with Crippen molar-refractivity contribution in [3.8, 4) is 0 Å². The predicted octanol–water partition coefficient (Wildman–Crippen LogP) is 2.34. The van der Waals surface area contributed by atoms with E-state index in [-0.39, 0.29) is 5.91 Å². The Hall–Kier alpha value is -1.75. The fourth-order valence-corrected chi connectivity index (χ4v) is 2.06. The van der Waals surface area contributed by atoms with Crippen LogP contribution < -0.4 is 5.32 Å². The van der Waals surface area contributed by atoms with E-state index in [1.54, 1.807) is 17.5 Å². The molecule has 0 spiro atoms. The van der Waals surface area contributed by atoms with Gasteiger partial charge in [0.15, 0.2) is 0 Å². The molecule has 0 radical (unpaired) electrons. The van der Waals surface area contributed by atoms with Crippen LogP contribution in [0.1, 0.15) is 16.3 Å². The molecule has 1 amide bonds. The SMILES string of the molecule is Cc1nc(CC(=O)Nc2ncccc2C)cs1. The van der Waals surface area contributed by atoms with Gasteiger partial charge >= 0.3 is 0 Å². The molecule has 17 heavy (non-hydrogen) atoms. The number of amides is 1. The van der Waals surface area contributed by atoms with E-state index in [1.807, 2.05) is 31.4 Å². The lowest BCUT2D eigenvalue weighted by Crippen LogP contribution is -2.16. The summed E-state index contributed by atoms with van der Waals surface area (Å²) in [6, 6.07) is 3.75. The van der Waals surface area contributed by atoms with Crippen molar-refractivity contribution in [2.45, 2.75) is 20.3 Å². The number of thiazole rings is 1. The van der Waals surface area contributed by atoms with Crippen molar-refractivity contribution in [1.29, 1.82) is 0 Å². The van der Waals surface area contributed by atoms with Crippen molar-refractivity contribution >= 4 is 23.1 Å². The number of hydrogen-bond acceptors (Lipinski definition) is 4. The van der Waals surface area contributed by atoms with Crippen LogP contribution >= 0.6 is 11.3 Å². The summed E-state index contributed by atoms with van der Waals surface area (Å²) in [7, 11) is 0. The van der Waals surface area contributed by atoms with Crippen LogP contribution in [0.4, 0.5) is 5.82 Å². The Kier molecular flexibility index (Phi) is 3.49. The average Bonchev–Trinajstić information content (AvgIpc) is 2.67. The Morgan fingerprint density at radius 3 is 2.94 bits per heavy atom. The number of aromatic nitrogens is 2. The summed E-state index contributed by atoms with van der Waals surface area (Å²) >= 11 is 1.55. The van der Waals surface area contributed by atoms with E-state index in [0.717, 1.165) is 16.3 Å². The van der Waals surface area contributed by atoms with Crippen LogP contribution in [0.5, 0.6) is 0 Å². The summed E-state index contributed by atoms with van der Waals surface area (Å²) in [6.07, 6.45) is 1.95. The highest BCUT2D eigenvalue weighted by Crippen LogP contribution is 2.11. The average molecular weight is 247 g/mol. The highest BCUT2D eigenvalue weighted by molar-refractivity contribution is 7.09. The summed E-state index contributed by atoms with van der Waals surface area (Å²) in [5.41, 5.74) is 1.76. The minimum atomic E-state index is -0.0860. The Morgan fingerprint density at radius 2 is 2.29 bits per heavy atom. The summed E-state index contributed by atoms with van der Waals surface area (Å²) < 4.78 is 0. The molecule has 2 aromatic heterocycles. The van der Waals surface area contributed by atoms with E-state index in [0.29, 0.717) is 12.2 Å². The number of carbonyl (C=O) groups is 1. The zero-order valence-electron chi connectivity index (χ0n) is 9.73. The molecule has 0 aliphatic heterocycles. The minimum Gasteiger partial charge on any atom is -0.310 e. The third-order valence-electron chi connectivity index (χ3n) is 2.28. The van der Waals surface area contributed by atoms with Crippen LogP contribution in [-0.4, -0.2) is 15.9 Å². The third kappa shape index (κ3) is 3.10. The monoisotopic (exact) mass is 247 g/mol. The van der Waals surface area contributed by atoms with E-state index < -0.39 is 0 Å². The quantitative estimate of drug-likeness (QED) is 0.905. The van der Waals surface area contributed by atoms with Gasteiger partial charge in [0, 0.05) is 11.6 Å². The molecule has 2 heterocycles. The fraction of sp³-hybridized carbons (Fsp3) is 0.250. The Balaban J connectivity index is 2.01. The van der Waals surface area contributed by atoms with Crippen LogP contribution in [-0.2, 0) is 11.2 Å². The second-order valence-electron chi connectivity index (χ2n) is 3.75. The number of pyridine rings is 1. The molecule has 0 aliphatic rings. The zero-order valence-corrected chi connectivity index (χ0v) is 10.5. The topological polar surface area (TPSA) is 54.9 Å². The third-order valence-corrected chi connectivity index (χ3v) is 3.10. The van der Waals surface area contributed by atoms with Gasteiger partial charge in [0.1, 0.15) is 5.82 Å². The van der Waals surface area contributed by atoms with Gasteiger partial charge < -0.3 is 5.32 Å². The van der Waals surface area contributed by atoms with Gasteiger partial charge in [-0.15, -0.1) is 11.3 Å². The maximum absolute atomic E-state index is 11.8. The summed E-state index contributed by atoms with van der Waals surface area (Å²) in [5, 5.41) is 5.66. The maximum atomic E-state index is 11.8. The summed E-state index contributed by atoms with van der Waals surface area (Å²) in [4.78, 5) is 20.1. The van der Waals surface area contributed by atoms with E-state index in [1.165, 1.54) is 0 Å². The number of rotatable bonds is 3. The highest BCUT2D eigenvalue weighted by atomic mass is 32.1. The molecule has 2 aromatic rings. The van der Waals surface area contributed by atoms with Crippen LogP contribution in [0.2, 0.25) is 0 Å². The smallest absolute Gasteiger partial charge is 0.231 e. The predicted molar refractivity (Wildman–Crippen MR) is 68.2 cm³/mol. The van der Waals surface area contributed by atoms with Crippen LogP contribution in [0, 0.1) is 13.8 Å². The van der Waals surface area contributed by atoms with Crippen LogP contribution in [0.25, 0.3) is 0 Å². The second kappa shape index (κ2) is 5.05. The molecule has 88 valence electrons. The van der Waals surface area contributed by atoms with Gasteiger partial charge in [-0.2, -0.15) is 0 Å². The van der Waals surface area contributed by atoms with E-state index in [2.05, 4.69) is 15.3 Å². The van der Waals surface area contributed by atoms with Crippen molar-refractivity contribution in [2.75, 3.05) is 5.32 Å². The lowest BCUT2D eigenvalue weighted by molar-refractivity contribution is -0.115. The van der Waals surface area contributed by atoms with Gasteiger partial charge in [0.2, 0.25) is 5.91 Å². The molecule has 0 saturated carbocycles. The Bertz CT molecular complexity index is 536. The molecule has 4 nitrogen and oxygen atoms in total. The number of nitrogens with zero attached hydrogens (tertiary/aromatic N) is 2. The molecule has 0 aromatic carbocycles. The maximum Gasteiger partial charge on any atom is 0.231 e. The normalized spacial score (nSPS) is 10.2. The molecular formula is C12H13N3OS. The van der Waals surface area contributed by atoms with Crippen molar-refractivity contribution in [2.24, 2.45) is 0 Å². The van der Waals surface area contributed by atoms with Gasteiger partial charge in [0.25, 0.3) is 0 Å². The van der Waals surface area contributed by atoms with Crippen molar-refractivity contribution in [3.63, 3.8) is 0 Å². The second-order valence-corrected chi connectivity index (χ2v) is 4.81. The number of nitrogens with one attached hydrogen (secondary N) is 1. The van der Waals surface area contributed by atoms with Crippen molar-refractivity contribution in [3.05, 3.63) is 40.0 Å². The molecule has 2 rings (SSSR count). The first-order chi connectivity index (χ1) is 8.15. The number of carbonyl (C=O) groups excluding carboxylic acids is 1. The standard InChI is InChI=1S/C12H13N3OS/c1-8-4-3-5-13-12(8)15-11(16)6-10-7-17-9(2)14-10/h3-5,7H,6H2,1-2H3,(H,13,15,16). The van der Waals surface area contributed by atoms with Gasteiger partial charge in [-0.1, -0.05) is 6.07 Å². The molecule has 0 atom stereocenters. The van der Waals surface area contributed by atoms with E-state index in [9.17, 15) is 4.79 Å². The van der Waals surface area contributed by atoms with Gasteiger partial charge in [-0.25, -0.2) is 9.97 Å². The molecule has 0 fully saturated rings. The first-order valence-corrected chi connectivity index (χ1v) is 6.15. The van der Waals surface area contributed by atoms with Gasteiger partial charge in [-0.05, 0) is 25.5 Å². The van der Waals surface area contributed by atoms with Crippen LogP contribution in [0.15, 0.2) is 23.7 Å². The molecular weight excluding hydrogens is 234 g/mol. The van der Waals surface area contributed by atoms with E-state index in [4.69, 9.17) is 0 Å². The first-order valence-electron chi connectivity index (χ1n) is 5.27. The first kappa shape index (κ1) is 11.7. The lowest BCUT2D eigenvalue weighted by atomic mass is 10.2. The summed E-state index contributed by atoms with van der Waals surface area (Å²) in [6.45, 7) is 3.84. The van der Waals surface area contributed by atoms with Crippen LogP contribution in [0.3, 0.4) is 0 Å². The molecule has 0 aliphatic carbocycles. The highest BCUT2D eigenvalue weighted by Gasteiger charge is 2.08. The van der Waals surface area contributed by atoms with Gasteiger partial charge in [0.05, 0.1) is 17.1 Å². The fourth-order valence-electron chi connectivity index (χ4n) is 1.45. The minimum absolute atomic E-state index is 0.0860. The van der Waals surface area contributed by atoms with Crippen molar-refractivity contribution in [1.82, 2.24) is 9.97 Å². The molecule has 1 N–H and O–H groups in total. The van der Waals surface area contributed by atoms with E-state index >= 15 is 0 Å². The van der Waals surface area contributed by atoms with Crippen molar-refractivity contribution < 1.29 is 4.79 Å². The molecule has 0 bridgehead atoms. The summed E-state index contributed by atoms with van der Waals surface area (Å²) in [5.74, 6) is 0.529. The number of anilines is 1. The number of aryl methyl sites for hydroxylation is 2.